The summed E-state index contributed by atoms with van der Waals surface area (Å²) in [7, 11) is 9.38. The number of nitrogens with zero attached hydrogens (tertiary/aromatic N) is 3. The van der Waals surface area contributed by atoms with E-state index >= 15 is 0 Å². The summed E-state index contributed by atoms with van der Waals surface area (Å²) in [6, 6.07) is 11.9. The molecule has 0 aliphatic heterocycles. The van der Waals surface area contributed by atoms with Crippen LogP contribution in [0.3, 0.4) is 0 Å². The lowest BCUT2D eigenvalue weighted by Crippen LogP contribution is -2.29. The second-order valence-corrected chi connectivity index (χ2v) is 6.16. The van der Waals surface area contributed by atoms with Crippen LogP contribution in [-0.4, -0.2) is 59.3 Å². The number of rotatable bonds is 7. The predicted octanol–water partition coefficient (Wildman–Crippen LogP) is 2.26. The minimum absolute atomic E-state index is 0.151. The first-order valence-corrected chi connectivity index (χ1v) is 8.17. The van der Waals surface area contributed by atoms with Gasteiger partial charge in [-0.3, -0.25) is 4.79 Å². The molecule has 1 amide bonds. The highest BCUT2D eigenvalue weighted by Gasteiger charge is 2.15. The van der Waals surface area contributed by atoms with Gasteiger partial charge in [-0.25, -0.2) is 4.98 Å². The van der Waals surface area contributed by atoms with Crippen molar-refractivity contribution in [1.82, 2.24) is 10.3 Å². The number of benzene rings is 1. The van der Waals surface area contributed by atoms with Crippen LogP contribution in [0.25, 0.3) is 11.3 Å². The summed E-state index contributed by atoms with van der Waals surface area (Å²) in [5.74, 6) is 0.490. The number of carbonyl (C=O) groups is 1. The molecule has 6 nitrogen and oxygen atoms in total. The smallest absolute Gasteiger partial charge is 0.255 e. The number of aromatic nitrogens is 1. The lowest BCUT2D eigenvalue weighted by molar-refractivity contribution is 0.0937. The highest BCUT2D eigenvalue weighted by molar-refractivity contribution is 5.99. The molecule has 0 fully saturated rings. The highest BCUT2D eigenvalue weighted by atomic mass is 16.5. The van der Waals surface area contributed by atoms with E-state index < -0.39 is 0 Å². The molecule has 0 radical (unpaired) electrons. The fraction of sp³-hybridized carbons (Fsp3) is 0.368. The Morgan fingerprint density at radius 3 is 2.52 bits per heavy atom. The van der Waals surface area contributed by atoms with Gasteiger partial charge in [0, 0.05) is 53.1 Å². The number of amides is 1. The first-order chi connectivity index (χ1) is 11.9. The molecule has 6 heteroatoms. The van der Waals surface area contributed by atoms with Crippen molar-refractivity contribution in [3.63, 3.8) is 0 Å². The van der Waals surface area contributed by atoms with Gasteiger partial charge in [-0.05, 0) is 24.3 Å². The molecule has 134 valence electrons. The third-order valence-corrected chi connectivity index (χ3v) is 3.79. The van der Waals surface area contributed by atoms with Crippen molar-refractivity contribution < 1.29 is 9.53 Å². The van der Waals surface area contributed by atoms with E-state index in [9.17, 15) is 4.79 Å². The molecule has 0 bridgehead atoms. The highest BCUT2D eigenvalue weighted by Crippen LogP contribution is 2.26. The van der Waals surface area contributed by atoms with E-state index in [1.807, 2.05) is 68.3 Å². The molecule has 1 N–H and O–H groups in total. The molecule has 0 aliphatic rings. The van der Waals surface area contributed by atoms with E-state index in [-0.39, 0.29) is 5.91 Å². The van der Waals surface area contributed by atoms with Crippen molar-refractivity contribution in [1.29, 1.82) is 0 Å². The van der Waals surface area contributed by atoms with Gasteiger partial charge in [0.15, 0.2) is 0 Å². The maximum Gasteiger partial charge on any atom is 0.255 e. The molecule has 2 aromatic rings. The Morgan fingerprint density at radius 2 is 1.88 bits per heavy atom. The second kappa shape index (κ2) is 8.48. The summed E-state index contributed by atoms with van der Waals surface area (Å²) >= 11 is 0. The molecular weight excluding hydrogens is 316 g/mol. The Balaban J connectivity index is 2.35. The Bertz CT molecular complexity index is 729. The zero-order valence-electron chi connectivity index (χ0n) is 15.5. The predicted molar refractivity (Wildman–Crippen MR) is 103 cm³/mol. The lowest BCUT2D eigenvalue weighted by atomic mass is 10.1. The summed E-state index contributed by atoms with van der Waals surface area (Å²) in [4.78, 5) is 21.0. The number of hydrogen-bond acceptors (Lipinski definition) is 5. The Morgan fingerprint density at radius 1 is 1.12 bits per heavy atom. The van der Waals surface area contributed by atoms with Crippen LogP contribution in [0.2, 0.25) is 0 Å². The van der Waals surface area contributed by atoms with Crippen molar-refractivity contribution in [2.45, 2.75) is 0 Å². The summed E-state index contributed by atoms with van der Waals surface area (Å²) in [6.45, 7) is 0.945. The summed E-state index contributed by atoms with van der Waals surface area (Å²) in [5, 5.41) is 2.84. The third kappa shape index (κ3) is 4.70. The molecule has 0 saturated carbocycles. The van der Waals surface area contributed by atoms with Gasteiger partial charge in [0.1, 0.15) is 5.82 Å². The minimum atomic E-state index is -0.151. The van der Waals surface area contributed by atoms with Crippen molar-refractivity contribution >= 4 is 17.4 Å². The van der Waals surface area contributed by atoms with Gasteiger partial charge in [0.05, 0.1) is 17.9 Å². The summed E-state index contributed by atoms with van der Waals surface area (Å²) in [5.41, 5.74) is 3.50. The van der Waals surface area contributed by atoms with Gasteiger partial charge in [-0.15, -0.1) is 0 Å². The van der Waals surface area contributed by atoms with Gasteiger partial charge in [0.2, 0.25) is 0 Å². The number of ether oxygens (including phenoxy) is 1. The normalized spacial score (nSPS) is 10.4. The minimum Gasteiger partial charge on any atom is -0.383 e. The fourth-order valence-electron chi connectivity index (χ4n) is 2.43. The monoisotopic (exact) mass is 342 g/mol. The van der Waals surface area contributed by atoms with Gasteiger partial charge in [-0.2, -0.15) is 0 Å². The molecule has 1 aromatic carbocycles. The van der Waals surface area contributed by atoms with Crippen molar-refractivity contribution in [2.75, 3.05) is 58.3 Å². The van der Waals surface area contributed by atoms with Crippen LogP contribution in [0.15, 0.2) is 36.4 Å². The zero-order valence-corrected chi connectivity index (χ0v) is 15.5. The van der Waals surface area contributed by atoms with Crippen LogP contribution in [0.1, 0.15) is 10.4 Å². The molecule has 0 spiro atoms. The molecular formula is C19H26N4O2. The molecule has 0 saturated heterocycles. The lowest BCUT2D eigenvalue weighted by Gasteiger charge is -2.18. The van der Waals surface area contributed by atoms with Crippen LogP contribution in [-0.2, 0) is 4.74 Å². The van der Waals surface area contributed by atoms with Crippen LogP contribution < -0.4 is 15.1 Å². The zero-order chi connectivity index (χ0) is 18.4. The largest absolute Gasteiger partial charge is 0.383 e. The average Bonchev–Trinajstić information content (AvgIpc) is 2.61. The molecule has 1 aromatic heterocycles. The first-order valence-electron chi connectivity index (χ1n) is 8.17. The van der Waals surface area contributed by atoms with Crippen molar-refractivity contribution in [2.24, 2.45) is 0 Å². The van der Waals surface area contributed by atoms with Crippen LogP contribution >= 0.6 is 0 Å². The van der Waals surface area contributed by atoms with Gasteiger partial charge in [-0.1, -0.05) is 12.1 Å². The number of anilines is 2. The Hall–Kier alpha value is -2.60. The standard InChI is InChI=1S/C19H26N4O2/c1-22(2)15-8-6-7-14(13-15)17-10-9-16(18(21-17)23(3)4)19(24)20-11-12-25-5/h6-10,13H,11-12H2,1-5H3,(H,20,24). The fourth-order valence-corrected chi connectivity index (χ4v) is 2.43. The van der Waals surface area contributed by atoms with Crippen LogP contribution in [0.5, 0.6) is 0 Å². The first kappa shape index (κ1) is 18.7. The van der Waals surface area contributed by atoms with Gasteiger partial charge >= 0.3 is 0 Å². The van der Waals surface area contributed by atoms with E-state index in [0.29, 0.717) is 24.5 Å². The third-order valence-electron chi connectivity index (χ3n) is 3.79. The van der Waals surface area contributed by atoms with Gasteiger partial charge < -0.3 is 19.9 Å². The molecule has 0 aliphatic carbocycles. The second-order valence-electron chi connectivity index (χ2n) is 6.16. The van der Waals surface area contributed by atoms with E-state index in [4.69, 9.17) is 9.72 Å². The Kier molecular flexibility index (Phi) is 6.36. The van der Waals surface area contributed by atoms with Crippen molar-refractivity contribution in [3.8, 4) is 11.3 Å². The summed E-state index contributed by atoms with van der Waals surface area (Å²) < 4.78 is 4.97. The number of pyridine rings is 1. The molecule has 1 heterocycles. The number of methoxy groups -OCH3 is 1. The quantitative estimate of drug-likeness (QED) is 0.782. The van der Waals surface area contributed by atoms with Gasteiger partial charge in [0.25, 0.3) is 5.91 Å². The van der Waals surface area contributed by atoms with E-state index in [1.165, 1.54) is 0 Å². The van der Waals surface area contributed by atoms with Crippen molar-refractivity contribution in [3.05, 3.63) is 42.0 Å². The average molecular weight is 342 g/mol. The SMILES string of the molecule is COCCNC(=O)c1ccc(-c2cccc(N(C)C)c2)nc1N(C)C. The maximum atomic E-state index is 12.4. The summed E-state index contributed by atoms with van der Waals surface area (Å²) in [6.07, 6.45) is 0. The molecule has 0 atom stereocenters. The molecule has 0 unspecified atom stereocenters. The Labute approximate surface area is 149 Å². The van der Waals surface area contributed by atoms with E-state index in [0.717, 1.165) is 16.9 Å². The van der Waals surface area contributed by atoms with E-state index in [2.05, 4.69) is 11.4 Å². The number of carbonyl (C=O) groups excluding carboxylic acids is 1. The topological polar surface area (TPSA) is 57.7 Å². The van der Waals surface area contributed by atoms with E-state index in [1.54, 1.807) is 7.11 Å². The number of hydrogen-bond donors (Lipinski definition) is 1. The molecule has 2 rings (SSSR count). The van der Waals surface area contributed by atoms with Crippen LogP contribution in [0, 0.1) is 0 Å². The number of nitrogens with one attached hydrogen (secondary N) is 1. The van der Waals surface area contributed by atoms with Crippen LogP contribution in [0.4, 0.5) is 11.5 Å². The molecule has 25 heavy (non-hydrogen) atoms. The maximum absolute atomic E-state index is 12.4.